The summed E-state index contributed by atoms with van der Waals surface area (Å²) >= 11 is 0. The van der Waals surface area contributed by atoms with Crippen LogP contribution in [0.3, 0.4) is 0 Å². The van der Waals surface area contributed by atoms with Gasteiger partial charge in [-0.2, -0.15) is 5.10 Å². The number of halogens is 1. The number of nitrogens with two attached hydrogens (primary N) is 1. The van der Waals surface area contributed by atoms with E-state index >= 15 is 0 Å². The fourth-order valence-electron chi connectivity index (χ4n) is 1.76. The predicted octanol–water partition coefficient (Wildman–Crippen LogP) is 1.83. The van der Waals surface area contributed by atoms with Crippen LogP contribution >= 0.6 is 0 Å². The minimum absolute atomic E-state index is 0.0902. The molecule has 0 spiro atoms. The summed E-state index contributed by atoms with van der Waals surface area (Å²) in [5.41, 5.74) is 6.68. The van der Waals surface area contributed by atoms with Gasteiger partial charge in [0, 0.05) is 13.1 Å². The first-order valence-corrected chi connectivity index (χ1v) is 5.28. The molecule has 0 amide bonds. The van der Waals surface area contributed by atoms with E-state index in [4.69, 9.17) is 15.2 Å². The van der Waals surface area contributed by atoms with Crippen LogP contribution in [0, 0.1) is 5.82 Å². The molecule has 96 valence electrons. The summed E-state index contributed by atoms with van der Waals surface area (Å²) in [6.45, 7) is 0. The highest BCUT2D eigenvalue weighted by Gasteiger charge is 2.19. The van der Waals surface area contributed by atoms with E-state index in [1.165, 1.54) is 31.0 Å². The van der Waals surface area contributed by atoms with Crippen molar-refractivity contribution in [1.29, 1.82) is 0 Å². The van der Waals surface area contributed by atoms with Gasteiger partial charge in [-0.3, -0.25) is 4.68 Å². The normalized spacial score (nSPS) is 10.4. The quantitative estimate of drug-likeness (QED) is 0.903. The molecule has 5 nitrogen and oxygen atoms in total. The van der Waals surface area contributed by atoms with Gasteiger partial charge in [0.2, 0.25) is 0 Å². The van der Waals surface area contributed by atoms with Crippen LogP contribution in [0.25, 0.3) is 11.3 Å². The maximum atomic E-state index is 13.7. The molecule has 0 saturated heterocycles. The third-order valence-electron chi connectivity index (χ3n) is 2.67. The highest BCUT2D eigenvalue weighted by Crippen LogP contribution is 2.39. The zero-order valence-corrected chi connectivity index (χ0v) is 10.4. The molecule has 0 bridgehead atoms. The maximum absolute atomic E-state index is 13.7. The van der Waals surface area contributed by atoms with Crippen molar-refractivity contribution in [1.82, 2.24) is 9.78 Å². The van der Waals surface area contributed by atoms with E-state index in [2.05, 4.69) is 5.10 Å². The summed E-state index contributed by atoms with van der Waals surface area (Å²) in [6, 6.07) is 4.45. The van der Waals surface area contributed by atoms with E-state index in [1.807, 2.05) is 0 Å². The summed E-state index contributed by atoms with van der Waals surface area (Å²) in [6.07, 6.45) is 0. The van der Waals surface area contributed by atoms with Crippen LogP contribution in [0.4, 0.5) is 10.2 Å². The lowest BCUT2D eigenvalue weighted by molar-refractivity contribution is 0.376. The van der Waals surface area contributed by atoms with Gasteiger partial charge in [-0.05, 0) is 12.1 Å². The molecule has 1 aromatic carbocycles. The van der Waals surface area contributed by atoms with Gasteiger partial charge in [-0.15, -0.1) is 0 Å². The Hall–Kier alpha value is -2.24. The third-order valence-corrected chi connectivity index (χ3v) is 2.67. The number of ether oxygens (including phenoxy) is 2. The van der Waals surface area contributed by atoms with Crippen LogP contribution in [-0.4, -0.2) is 24.0 Å². The molecule has 0 unspecified atom stereocenters. The Bertz CT molecular complexity index is 561. The fraction of sp³-hybridized carbons (Fsp3) is 0.250. The Balaban J connectivity index is 2.71. The summed E-state index contributed by atoms with van der Waals surface area (Å²) in [4.78, 5) is 0. The lowest BCUT2D eigenvalue weighted by atomic mass is 10.1. The molecular weight excluding hydrogens is 237 g/mol. The van der Waals surface area contributed by atoms with Crippen molar-refractivity contribution in [3.63, 3.8) is 0 Å². The Kier molecular flexibility index (Phi) is 3.10. The lowest BCUT2D eigenvalue weighted by Gasteiger charge is -2.11. The minimum Gasteiger partial charge on any atom is -0.496 e. The van der Waals surface area contributed by atoms with Crippen LogP contribution in [0.1, 0.15) is 0 Å². The Morgan fingerprint density at radius 1 is 1.28 bits per heavy atom. The zero-order chi connectivity index (χ0) is 13.3. The van der Waals surface area contributed by atoms with E-state index in [0.29, 0.717) is 22.8 Å². The second kappa shape index (κ2) is 4.56. The zero-order valence-electron chi connectivity index (χ0n) is 10.4. The number of anilines is 1. The SMILES string of the molecule is COc1ccc(F)c(OC)c1-c1cc(N)n(C)n1. The van der Waals surface area contributed by atoms with E-state index in [0.717, 1.165) is 0 Å². The molecule has 0 aliphatic rings. The molecule has 1 heterocycles. The molecule has 2 rings (SSSR count). The number of nitrogen functional groups attached to an aromatic ring is 1. The van der Waals surface area contributed by atoms with Crippen LogP contribution < -0.4 is 15.2 Å². The van der Waals surface area contributed by atoms with Gasteiger partial charge in [0.15, 0.2) is 11.6 Å². The maximum Gasteiger partial charge on any atom is 0.167 e. The number of benzene rings is 1. The summed E-state index contributed by atoms with van der Waals surface area (Å²) in [5.74, 6) is 0.565. The topological polar surface area (TPSA) is 62.3 Å². The molecule has 2 N–H and O–H groups in total. The number of nitrogens with zero attached hydrogens (tertiary/aromatic N) is 2. The van der Waals surface area contributed by atoms with Gasteiger partial charge in [0.05, 0.1) is 19.8 Å². The van der Waals surface area contributed by atoms with E-state index < -0.39 is 5.82 Å². The van der Waals surface area contributed by atoms with Crippen molar-refractivity contribution in [3.05, 3.63) is 24.0 Å². The van der Waals surface area contributed by atoms with Crippen molar-refractivity contribution < 1.29 is 13.9 Å². The molecule has 2 aromatic rings. The van der Waals surface area contributed by atoms with Crippen LogP contribution in [-0.2, 0) is 7.05 Å². The van der Waals surface area contributed by atoms with Gasteiger partial charge < -0.3 is 15.2 Å². The van der Waals surface area contributed by atoms with Crippen molar-refractivity contribution in [2.75, 3.05) is 20.0 Å². The Morgan fingerprint density at radius 3 is 2.50 bits per heavy atom. The smallest absolute Gasteiger partial charge is 0.167 e. The average molecular weight is 251 g/mol. The van der Waals surface area contributed by atoms with Crippen molar-refractivity contribution in [2.45, 2.75) is 0 Å². The first-order chi connectivity index (χ1) is 8.58. The second-order valence-corrected chi connectivity index (χ2v) is 3.74. The molecule has 0 radical (unpaired) electrons. The van der Waals surface area contributed by atoms with E-state index in [1.54, 1.807) is 13.1 Å². The van der Waals surface area contributed by atoms with E-state index in [9.17, 15) is 4.39 Å². The first kappa shape index (κ1) is 12.2. The van der Waals surface area contributed by atoms with Crippen LogP contribution in [0.2, 0.25) is 0 Å². The third kappa shape index (κ3) is 1.85. The summed E-state index contributed by atoms with van der Waals surface area (Å²) < 4.78 is 25.5. The summed E-state index contributed by atoms with van der Waals surface area (Å²) in [5, 5.41) is 4.20. The fourth-order valence-corrected chi connectivity index (χ4v) is 1.76. The van der Waals surface area contributed by atoms with Gasteiger partial charge in [-0.25, -0.2) is 4.39 Å². The number of methoxy groups -OCH3 is 2. The van der Waals surface area contributed by atoms with Crippen molar-refractivity contribution in [3.8, 4) is 22.8 Å². The highest BCUT2D eigenvalue weighted by atomic mass is 19.1. The molecule has 0 fully saturated rings. The monoisotopic (exact) mass is 251 g/mol. The van der Waals surface area contributed by atoms with Gasteiger partial charge >= 0.3 is 0 Å². The van der Waals surface area contributed by atoms with E-state index in [-0.39, 0.29) is 5.75 Å². The van der Waals surface area contributed by atoms with Gasteiger partial charge in [0.1, 0.15) is 17.3 Å². The summed E-state index contributed by atoms with van der Waals surface area (Å²) in [7, 11) is 4.60. The highest BCUT2D eigenvalue weighted by molar-refractivity contribution is 5.76. The second-order valence-electron chi connectivity index (χ2n) is 3.74. The number of rotatable bonds is 3. The lowest BCUT2D eigenvalue weighted by Crippen LogP contribution is -1.98. The predicted molar refractivity (Wildman–Crippen MR) is 66.1 cm³/mol. The molecule has 0 atom stereocenters. The molecule has 6 heteroatoms. The van der Waals surface area contributed by atoms with Gasteiger partial charge in [-0.1, -0.05) is 0 Å². The molecular formula is C12H14FN3O2. The Labute approximate surface area is 104 Å². The number of hydrogen-bond donors (Lipinski definition) is 1. The number of aryl methyl sites for hydroxylation is 1. The standard InChI is InChI=1S/C12H14FN3O2/c1-16-10(14)6-8(15-16)11-9(17-2)5-4-7(13)12(11)18-3/h4-6H,14H2,1-3H3. The number of aromatic nitrogens is 2. The van der Waals surface area contributed by atoms with Gasteiger partial charge in [0.25, 0.3) is 0 Å². The molecule has 18 heavy (non-hydrogen) atoms. The van der Waals surface area contributed by atoms with Crippen LogP contribution in [0.15, 0.2) is 18.2 Å². The van der Waals surface area contributed by atoms with Crippen molar-refractivity contribution >= 4 is 5.82 Å². The Morgan fingerprint density at radius 2 is 2.00 bits per heavy atom. The van der Waals surface area contributed by atoms with Crippen molar-refractivity contribution in [2.24, 2.45) is 7.05 Å². The minimum atomic E-state index is -0.475. The first-order valence-electron chi connectivity index (χ1n) is 5.28. The molecule has 0 aliphatic heterocycles. The molecule has 1 aromatic heterocycles. The largest absolute Gasteiger partial charge is 0.496 e. The number of hydrogen-bond acceptors (Lipinski definition) is 4. The average Bonchev–Trinajstić information content (AvgIpc) is 2.69. The molecule has 0 saturated carbocycles. The van der Waals surface area contributed by atoms with Crippen LogP contribution in [0.5, 0.6) is 11.5 Å². The molecule has 0 aliphatic carbocycles.